The topological polar surface area (TPSA) is 78.0 Å². The Morgan fingerprint density at radius 1 is 1.00 bits per heavy atom. The van der Waals surface area contributed by atoms with E-state index in [1.54, 1.807) is 17.0 Å². The molecule has 2 amide bonds. The summed E-state index contributed by atoms with van der Waals surface area (Å²) in [5.41, 5.74) is 1.16. The monoisotopic (exact) mass is 451 g/mol. The van der Waals surface area contributed by atoms with Gasteiger partial charge in [-0.2, -0.15) is 0 Å². The van der Waals surface area contributed by atoms with Gasteiger partial charge in [-0.05, 0) is 42.5 Å². The van der Waals surface area contributed by atoms with E-state index in [0.29, 0.717) is 30.5 Å². The Bertz CT molecular complexity index is 1100. The fourth-order valence-corrected chi connectivity index (χ4v) is 5.37. The van der Waals surface area contributed by atoms with Crippen LogP contribution in [0.15, 0.2) is 42.5 Å². The minimum absolute atomic E-state index is 0.00923. The van der Waals surface area contributed by atoms with Gasteiger partial charge in [-0.1, -0.05) is 11.6 Å². The molecule has 0 radical (unpaired) electrons. The third-order valence-corrected chi connectivity index (χ3v) is 7.25. The third kappa shape index (κ3) is 3.87. The number of anilines is 2. The average Bonchev–Trinajstić information content (AvgIpc) is 3.01. The number of sulfonamides is 1. The minimum atomic E-state index is -3.78. The molecule has 0 atom stereocenters. The molecule has 158 valence electrons. The number of carbonyl (C=O) groups is 2. The average molecular weight is 452 g/mol. The van der Waals surface area contributed by atoms with Crippen molar-refractivity contribution in [2.45, 2.75) is 6.42 Å². The molecule has 2 aliphatic rings. The summed E-state index contributed by atoms with van der Waals surface area (Å²) in [7, 11) is -3.78. The molecule has 0 spiro atoms. The smallest absolute Gasteiger partial charge is 0.254 e. The molecule has 30 heavy (non-hydrogen) atoms. The summed E-state index contributed by atoms with van der Waals surface area (Å²) in [5.74, 6) is -1.40. The summed E-state index contributed by atoms with van der Waals surface area (Å²) < 4.78 is 38.2. The number of amides is 2. The molecule has 0 aliphatic carbocycles. The maximum Gasteiger partial charge on any atom is 0.254 e. The van der Waals surface area contributed by atoms with Gasteiger partial charge in [0.1, 0.15) is 5.82 Å². The largest absolute Gasteiger partial charge is 0.368 e. The Labute approximate surface area is 178 Å². The SMILES string of the molecule is O=C(c1ccc(Cl)c(N2C(=O)CCS2(=O)=O)c1)N1CCN(c2ccc(F)cc2)CC1. The molecule has 2 fully saturated rings. The van der Waals surface area contributed by atoms with Gasteiger partial charge in [-0.15, -0.1) is 0 Å². The minimum Gasteiger partial charge on any atom is -0.368 e. The Balaban J connectivity index is 1.51. The van der Waals surface area contributed by atoms with Gasteiger partial charge >= 0.3 is 0 Å². The van der Waals surface area contributed by atoms with Crippen molar-refractivity contribution in [2.75, 3.05) is 41.1 Å². The van der Waals surface area contributed by atoms with E-state index in [2.05, 4.69) is 4.90 Å². The third-order valence-electron chi connectivity index (χ3n) is 5.25. The second-order valence-corrected chi connectivity index (χ2v) is 9.49. The van der Waals surface area contributed by atoms with E-state index in [0.717, 1.165) is 5.69 Å². The summed E-state index contributed by atoms with van der Waals surface area (Å²) in [5, 5.41) is 0.0894. The van der Waals surface area contributed by atoms with E-state index >= 15 is 0 Å². The van der Waals surface area contributed by atoms with Crippen LogP contribution in [0, 0.1) is 5.82 Å². The fraction of sp³-hybridized carbons (Fsp3) is 0.300. The van der Waals surface area contributed by atoms with Gasteiger partial charge in [0.25, 0.3) is 5.91 Å². The Kier molecular flexibility index (Phi) is 5.42. The van der Waals surface area contributed by atoms with Gasteiger partial charge in [0.15, 0.2) is 0 Å². The van der Waals surface area contributed by atoms with Gasteiger partial charge in [0, 0.05) is 43.9 Å². The number of rotatable bonds is 3. The van der Waals surface area contributed by atoms with Crippen molar-refractivity contribution < 1.29 is 22.4 Å². The highest BCUT2D eigenvalue weighted by Crippen LogP contribution is 2.33. The van der Waals surface area contributed by atoms with E-state index in [9.17, 15) is 22.4 Å². The normalized spacial score (nSPS) is 18.7. The van der Waals surface area contributed by atoms with Gasteiger partial charge in [-0.25, -0.2) is 17.1 Å². The lowest BCUT2D eigenvalue weighted by Gasteiger charge is -2.36. The lowest BCUT2D eigenvalue weighted by atomic mass is 10.1. The van der Waals surface area contributed by atoms with E-state index in [-0.39, 0.29) is 40.2 Å². The second kappa shape index (κ2) is 7.88. The van der Waals surface area contributed by atoms with Crippen molar-refractivity contribution in [3.05, 3.63) is 58.9 Å². The first-order chi connectivity index (χ1) is 14.3. The molecule has 2 aromatic rings. The van der Waals surface area contributed by atoms with Crippen LogP contribution in [0.5, 0.6) is 0 Å². The van der Waals surface area contributed by atoms with Crippen LogP contribution in [0.2, 0.25) is 5.02 Å². The number of piperazine rings is 1. The molecule has 7 nitrogen and oxygen atoms in total. The molecule has 10 heteroatoms. The molecule has 0 saturated carbocycles. The first-order valence-electron chi connectivity index (χ1n) is 9.41. The van der Waals surface area contributed by atoms with Crippen LogP contribution in [0.25, 0.3) is 0 Å². The quantitative estimate of drug-likeness (QED) is 0.716. The number of hydrogen-bond acceptors (Lipinski definition) is 5. The van der Waals surface area contributed by atoms with Crippen LogP contribution in [0.3, 0.4) is 0 Å². The molecular formula is C20H19ClFN3O4S. The molecule has 2 aliphatic heterocycles. The van der Waals surface area contributed by atoms with Gasteiger partial charge in [0.05, 0.1) is 16.5 Å². The summed E-state index contributed by atoms with van der Waals surface area (Å²) >= 11 is 6.14. The maximum absolute atomic E-state index is 13.1. The Hall–Kier alpha value is -2.65. The number of carbonyl (C=O) groups excluding carboxylic acids is 2. The van der Waals surface area contributed by atoms with Crippen LogP contribution in [-0.2, 0) is 14.8 Å². The van der Waals surface area contributed by atoms with Gasteiger partial charge in [0.2, 0.25) is 15.9 Å². The molecule has 2 aromatic carbocycles. The van der Waals surface area contributed by atoms with Crippen molar-refractivity contribution in [3.63, 3.8) is 0 Å². The van der Waals surface area contributed by atoms with Crippen LogP contribution < -0.4 is 9.21 Å². The van der Waals surface area contributed by atoms with E-state index in [4.69, 9.17) is 11.6 Å². The zero-order valence-electron chi connectivity index (χ0n) is 15.9. The van der Waals surface area contributed by atoms with Crippen molar-refractivity contribution in [1.29, 1.82) is 0 Å². The Morgan fingerprint density at radius 3 is 2.27 bits per heavy atom. The van der Waals surface area contributed by atoms with E-state index < -0.39 is 15.9 Å². The fourth-order valence-electron chi connectivity index (χ4n) is 3.65. The zero-order chi connectivity index (χ0) is 21.5. The lowest BCUT2D eigenvalue weighted by molar-refractivity contribution is -0.116. The summed E-state index contributed by atoms with van der Waals surface area (Å²) in [6.07, 6.45) is -0.109. The zero-order valence-corrected chi connectivity index (χ0v) is 17.5. The van der Waals surface area contributed by atoms with Crippen LogP contribution in [0.1, 0.15) is 16.8 Å². The van der Waals surface area contributed by atoms with Crippen molar-refractivity contribution >= 4 is 44.8 Å². The van der Waals surface area contributed by atoms with Crippen molar-refractivity contribution in [2.24, 2.45) is 0 Å². The van der Waals surface area contributed by atoms with Gasteiger partial charge < -0.3 is 9.80 Å². The highest BCUT2D eigenvalue weighted by atomic mass is 35.5. The highest BCUT2D eigenvalue weighted by Gasteiger charge is 2.38. The number of nitrogens with zero attached hydrogens (tertiary/aromatic N) is 3. The van der Waals surface area contributed by atoms with Gasteiger partial charge in [-0.3, -0.25) is 9.59 Å². The molecule has 4 rings (SSSR count). The van der Waals surface area contributed by atoms with Crippen LogP contribution >= 0.6 is 11.6 Å². The first-order valence-corrected chi connectivity index (χ1v) is 11.4. The standard InChI is InChI=1S/C20H19ClFN3O4S/c21-17-6-1-14(13-18(17)25-19(26)7-12-30(25,28)29)20(27)24-10-8-23(9-11-24)16-4-2-15(22)3-5-16/h1-6,13H,7-12H2. The molecule has 0 bridgehead atoms. The van der Waals surface area contributed by atoms with Crippen LogP contribution in [-0.4, -0.2) is 57.1 Å². The summed E-state index contributed by atoms with van der Waals surface area (Å²) in [6.45, 7) is 2.07. The molecule has 0 N–H and O–H groups in total. The number of halogens is 2. The summed E-state index contributed by atoms with van der Waals surface area (Å²) in [6, 6.07) is 10.5. The number of benzene rings is 2. The molecule has 0 aromatic heterocycles. The predicted octanol–water partition coefficient (Wildman–Crippen LogP) is 2.51. The molecular weight excluding hydrogens is 433 g/mol. The lowest BCUT2D eigenvalue weighted by Crippen LogP contribution is -2.48. The Morgan fingerprint density at radius 2 is 1.67 bits per heavy atom. The van der Waals surface area contributed by atoms with E-state index in [1.807, 2.05) is 0 Å². The predicted molar refractivity (Wildman–Crippen MR) is 112 cm³/mol. The van der Waals surface area contributed by atoms with E-state index in [1.165, 1.54) is 30.3 Å². The highest BCUT2D eigenvalue weighted by molar-refractivity contribution is 7.94. The molecule has 0 unspecified atom stereocenters. The number of hydrogen-bond donors (Lipinski definition) is 0. The maximum atomic E-state index is 13.1. The first kappa shape index (κ1) is 20.6. The summed E-state index contributed by atoms with van der Waals surface area (Å²) in [4.78, 5) is 28.8. The van der Waals surface area contributed by atoms with Crippen LogP contribution in [0.4, 0.5) is 15.8 Å². The molecule has 2 heterocycles. The van der Waals surface area contributed by atoms with Crippen molar-refractivity contribution in [3.8, 4) is 0 Å². The second-order valence-electron chi connectivity index (χ2n) is 7.15. The van der Waals surface area contributed by atoms with Crippen molar-refractivity contribution in [1.82, 2.24) is 4.90 Å². The molecule has 2 saturated heterocycles.